The van der Waals surface area contributed by atoms with Gasteiger partial charge in [0.25, 0.3) is 0 Å². The van der Waals surface area contributed by atoms with Gasteiger partial charge in [-0.25, -0.2) is 9.97 Å². The van der Waals surface area contributed by atoms with Gasteiger partial charge in [0.05, 0.1) is 0 Å². The molecule has 1 fully saturated rings. The Kier molecular flexibility index (Phi) is 6.23. The first kappa shape index (κ1) is 16.0. The number of rotatable bonds is 7. The van der Waals surface area contributed by atoms with Gasteiger partial charge in [0.15, 0.2) is 0 Å². The summed E-state index contributed by atoms with van der Waals surface area (Å²) in [6, 6.07) is 0. The first-order valence-electron chi connectivity index (χ1n) is 8.18. The van der Waals surface area contributed by atoms with Crippen molar-refractivity contribution in [2.75, 3.05) is 44.4 Å². The SMILES string of the molecule is CCCc1c(NC)ncnc1NCCC1CCN(C)CC1. The van der Waals surface area contributed by atoms with Crippen molar-refractivity contribution in [1.29, 1.82) is 0 Å². The molecule has 5 nitrogen and oxygen atoms in total. The van der Waals surface area contributed by atoms with E-state index in [1.54, 1.807) is 6.33 Å². The molecule has 1 aromatic rings. The summed E-state index contributed by atoms with van der Waals surface area (Å²) in [5, 5.41) is 6.70. The smallest absolute Gasteiger partial charge is 0.134 e. The highest BCUT2D eigenvalue weighted by molar-refractivity contribution is 5.57. The molecule has 0 amide bonds. The van der Waals surface area contributed by atoms with Gasteiger partial charge in [-0.3, -0.25) is 0 Å². The quantitative estimate of drug-likeness (QED) is 0.809. The average Bonchev–Trinajstić information content (AvgIpc) is 2.51. The molecular weight excluding hydrogens is 262 g/mol. The predicted molar refractivity (Wildman–Crippen MR) is 88.9 cm³/mol. The molecule has 2 heterocycles. The van der Waals surface area contributed by atoms with Crippen molar-refractivity contribution in [3.05, 3.63) is 11.9 Å². The Morgan fingerprint density at radius 1 is 1.24 bits per heavy atom. The van der Waals surface area contributed by atoms with Crippen LogP contribution in [0.4, 0.5) is 11.6 Å². The van der Waals surface area contributed by atoms with Crippen LogP contribution in [0.5, 0.6) is 0 Å². The Labute approximate surface area is 128 Å². The largest absolute Gasteiger partial charge is 0.373 e. The molecule has 0 atom stereocenters. The molecular formula is C16H29N5. The van der Waals surface area contributed by atoms with Crippen molar-refractivity contribution in [3.63, 3.8) is 0 Å². The lowest BCUT2D eigenvalue weighted by atomic mass is 9.94. The average molecular weight is 291 g/mol. The van der Waals surface area contributed by atoms with E-state index in [9.17, 15) is 0 Å². The molecule has 0 saturated carbocycles. The lowest BCUT2D eigenvalue weighted by molar-refractivity contribution is 0.215. The van der Waals surface area contributed by atoms with Gasteiger partial charge in [-0.2, -0.15) is 0 Å². The van der Waals surface area contributed by atoms with Crippen molar-refractivity contribution in [3.8, 4) is 0 Å². The molecule has 0 aromatic carbocycles. The topological polar surface area (TPSA) is 53.1 Å². The maximum absolute atomic E-state index is 4.43. The molecule has 1 aliphatic rings. The van der Waals surface area contributed by atoms with Gasteiger partial charge >= 0.3 is 0 Å². The third-order valence-electron chi connectivity index (χ3n) is 4.37. The van der Waals surface area contributed by atoms with E-state index in [4.69, 9.17) is 0 Å². The lowest BCUT2D eigenvalue weighted by Crippen LogP contribution is -2.30. The van der Waals surface area contributed by atoms with Crippen molar-refractivity contribution in [2.24, 2.45) is 5.92 Å². The van der Waals surface area contributed by atoms with Gasteiger partial charge in [0.2, 0.25) is 0 Å². The summed E-state index contributed by atoms with van der Waals surface area (Å²) in [5.74, 6) is 2.81. The molecule has 1 aromatic heterocycles. The number of likely N-dealkylation sites (tertiary alicyclic amines) is 1. The fourth-order valence-corrected chi connectivity index (χ4v) is 3.01. The van der Waals surface area contributed by atoms with E-state index in [1.165, 1.54) is 37.9 Å². The molecule has 0 radical (unpaired) electrons. The zero-order valence-electron chi connectivity index (χ0n) is 13.7. The van der Waals surface area contributed by atoms with Crippen molar-refractivity contribution in [2.45, 2.75) is 39.0 Å². The van der Waals surface area contributed by atoms with Crippen LogP contribution in [0.1, 0.15) is 38.2 Å². The fourth-order valence-electron chi connectivity index (χ4n) is 3.01. The zero-order chi connectivity index (χ0) is 15.1. The lowest BCUT2D eigenvalue weighted by Gasteiger charge is -2.29. The minimum Gasteiger partial charge on any atom is -0.373 e. The normalized spacial score (nSPS) is 16.9. The van der Waals surface area contributed by atoms with E-state index >= 15 is 0 Å². The molecule has 5 heteroatoms. The summed E-state index contributed by atoms with van der Waals surface area (Å²) in [6.07, 6.45) is 7.64. The third-order valence-corrected chi connectivity index (χ3v) is 4.37. The van der Waals surface area contributed by atoms with Crippen LogP contribution in [-0.2, 0) is 6.42 Å². The van der Waals surface area contributed by atoms with Crippen LogP contribution in [0.25, 0.3) is 0 Å². The fraction of sp³-hybridized carbons (Fsp3) is 0.750. The van der Waals surface area contributed by atoms with E-state index in [0.29, 0.717) is 0 Å². The standard InChI is InChI=1S/C16H29N5/c1-4-5-14-15(17-2)19-12-20-16(14)18-9-6-13-7-10-21(3)11-8-13/h12-13H,4-11H2,1-3H3,(H2,17,18,19,20). The van der Waals surface area contributed by atoms with E-state index in [2.05, 4.69) is 39.5 Å². The summed E-state index contributed by atoms with van der Waals surface area (Å²) < 4.78 is 0. The van der Waals surface area contributed by atoms with Crippen LogP contribution in [-0.4, -0.2) is 48.6 Å². The van der Waals surface area contributed by atoms with Crippen LogP contribution in [0, 0.1) is 5.92 Å². The maximum Gasteiger partial charge on any atom is 0.134 e. The van der Waals surface area contributed by atoms with Gasteiger partial charge in [0, 0.05) is 19.2 Å². The van der Waals surface area contributed by atoms with Gasteiger partial charge in [-0.1, -0.05) is 13.3 Å². The molecule has 0 unspecified atom stereocenters. The Hall–Kier alpha value is -1.36. The van der Waals surface area contributed by atoms with E-state index in [1.807, 2.05) is 7.05 Å². The first-order chi connectivity index (χ1) is 10.2. The number of hydrogen-bond acceptors (Lipinski definition) is 5. The first-order valence-corrected chi connectivity index (χ1v) is 8.18. The van der Waals surface area contributed by atoms with Gasteiger partial charge in [-0.15, -0.1) is 0 Å². The second-order valence-corrected chi connectivity index (χ2v) is 6.01. The molecule has 21 heavy (non-hydrogen) atoms. The summed E-state index contributed by atoms with van der Waals surface area (Å²) >= 11 is 0. The Balaban J connectivity index is 1.87. The van der Waals surface area contributed by atoms with Crippen molar-refractivity contribution < 1.29 is 0 Å². The second kappa shape index (κ2) is 8.17. The summed E-state index contributed by atoms with van der Waals surface area (Å²) in [6.45, 7) is 5.67. The van der Waals surface area contributed by atoms with Crippen LogP contribution in [0.15, 0.2) is 6.33 Å². The number of anilines is 2. The Bertz CT molecular complexity index is 427. The monoisotopic (exact) mass is 291 g/mol. The highest BCUT2D eigenvalue weighted by Gasteiger charge is 2.16. The van der Waals surface area contributed by atoms with Gasteiger partial charge < -0.3 is 15.5 Å². The molecule has 1 saturated heterocycles. The van der Waals surface area contributed by atoms with Crippen LogP contribution in [0.2, 0.25) is 0 Å². The minimum absolute atomic E-state index is 0.855. The highest BCUT2D eigenvalue weighted by atomic mass is 15.1. The highest BCUT2D eigenvalue weighted by Crippen LogP contribution is 2.23. The minimum atomic E-state index is 0.855. The van der Waals surface area contributed by atoms with E-state index < -0.39 is 0 Å². The molecule has 118 valence electrons. The van der Waals surface area contributed by atoms with Gasteiger partial charge in [-0.05, 0) is 51.7 Å². The van der Waals surface area contributed by atoms with Crippen LogP contribution < -0.4 is 10.6 Å². The number of piperidine rings is 1. The number of nitrogens with zero attached hydrogens (tertiary/aromatic N) is 3. The van der Waals surface area contributed by atoms with Crippen molar-refractivity contribution in [1.82, 2.24) is 14.9 Å². The van der Waals surface area contributed by atoms with Crippen LogP contribution in [0.3, 0.4) is 0 Å². The summed E-state index contributed by atoms with van der Waals surface area (Å²) in [7, 11) is 4.13. The Morgan fingerprint density at radius 2 is 1.95 bits per heavy atom. The second-order valence-electron chi connectivity index (χ2n) is 6.01. The van der Waals surface area contributed by atoms with Gasteiger partial charge in [0.1, 0.15) is 18.0 Å². The molecule has 0 bridgehead atoms. The Morgan fingerprint density at radius 3 is 2.62 bits per heavy atom. The number of aromatic nitrogens is 2. The van der Waals surface area contributed by atoms with E-state index in [0.717, 1.165) is 36.9 Å². The third kappa shape index (κ3) is 4.56. The van der Waals surface area contributed by atoms with Crippen LogP contribution >= 0.6 is 0 Å². The molecule has 0 spiro atoms. The number of nitrogens with one attached hydrogen (secondary N) is 2. The molecule has 2 rings (SSSR count). The molecule has 2 N–H and O–H groups in total. The molecule has 0 aliphatic carbocycles. The molecule has 1 aliphatic heterocycles. The predicted octanol–water partition coefficient (Wildman–Crippen LogP) is 2.61. The summed E-state index contributed by atoms with van der Waals surface area (Å²) in [5.41, 5.74) is 1.21. The number of hydrogen-bond donors (Lipinski definition) is 2. The summed E-state index contributed by atoms with van der Waals surface area (Å²) in [4.78, 5) is 11.2. The zero-order valence-corrected chi connectivity index (χ0v) is 13.7. The van der Waals surface area contributed by atoms with Crippen molar-refractivity contribution >= 4 is 11.6 Å². The van der Waals surface area contributed by atoms with E-state index in [-0.39, 0.29) is 0 Å². The maximum atomic E-state index is 4.43.